The van der Waals surface area contributed by atoms with E-state index in [1.54, 1.807) is 48.5 Å². The minimum Gasteiger partial charge on any atom is -0.494 e. The number of nitrogens with one attached hydrogen (secondary N) is 1. The second kappa shape index (κ2) is 8.89. The molecule has 0 radical (unpaired) electrons. The van der Waals surface area contributed by atoms with Gasteiger partial charge >= 0.3 is 0 Å². The summed E-state index contributed by atoms with van der Waals surface area (Å²) in [5.41, 5.74) is 4.16. The van der Waals surface area contributed by atoms with E-state index in [1.165, 1.54) is 4.90 Å². The van der Waals surface area contributed by atoms with Crippen molar-refractivity contribution in [3.8, 4) is 5.75 Å². The summed E-state index contributed by atoms with van der Waals surface area (Å²) in [7, 11) is 0. The van der Waals surface area contributed by atoms with E-state index in [4.69, 9.17) is 16.3 Å². The van der Waals surface area contributed by atoms with Crippen molar-refractivity contribution in [3.05, 3.63) is 94.1 Å². The lowest BCUT2D eigenvalue weighted by Crippen LogP contribution is -2.33. The summed E-state index contributed by atoms with van der Waals surface area (Å²) >= 11 is 6.09. The monoisotopic (exact) mass is 446 g/mol. The average Bonchev–Trinajstić information content (AvgIpc) is 3.01. The third-order valence-electron chi connectivity index (χ3n) is 5.34. The molecule has 3 aromatic carbocycles. The molecule has 0 bridgehead atoms. The standard InChI is InChI=1S/C26H23ClN2O3/c1-4-32-20-12-9-18(10-13-20)23-24(28-21-14-11-19(27)15-17(21)3)26(31)29(25(23)30)22-8-6-5-7-16(22)2/h5-15,28H,4H2,1-3H3. The number of carbonyl (C=O) groups excluding carboxylic acids is 2. The van der Waals surface area contributed by atoms with Crippen molar-refractivity contribution >= 4 is 40.4 Å². The van der Waals surface area contributed by atoms with E-state index < -0.39 is 5.91 Å². The minimum absolute atomic E-state index is 0.229. The third-order valence-corrected chi connectivity index (χ3v) is 5.58. The van der Waals surface area contributed by atoms with Crippen LogP contribution in [0.25, 0.3) is 5.57 Å². The maximum absolute atomic E-state index is 13.6. The highest BCUT2D eigenvalue weighted by Crippen LogP contribution is 2.36. The molecule has 0 fully saturated rings. The Morgan fingerprint density at radius 2 is 1.62 bits per heavy atom. The lowest BCUT2D eigenvalue weighted by Gasteiger charge is -2.18. The summed E-state index contributed by atoms with van der Waals surface area (Å²) in [5, 5.41) is 3.80. The van der Waals surface area contributed by atoms with E-state index in [1.807, 2.05) is 39.0 Å². The van der Waals surface area contributed by atoms with E-state index in [0.717, 1.165) is 11.1 Å². The van der Waals surface area contributed by atoms with Gasteiger partial charge in [-0.05, 0) is 73.9 Å². The molecule has 6 heteroatoms. The molecule has 5 nitrogen and oxygen atoms in total. The molecule has 1 aliphatic rings. The lowest BCUT2D eigenvalue weighted by atomic mass is 10.0. The van der Waals surface area contributed by atoms with Gasteiger partial charge in [0.1, 0.15) is 11.4 Å². The van der Waals surface area contributed by atoms with Crippen LogP contribution in [0.1, 0.15) is 23.6 Å². The van der Waals surface area contributed by atoms with E-state index >= 15 is 0 Å². The Kier molecular flexibility index (Phi) is 6.01. The number of anilines is 2. The zero-order valence-electron chi connectivity index (χ0n) is 18.1. The van der Waals surface area contributed by atoms with Gasteiger partial charge in [-0.15, -0.1) is 0 Å². The van der Waals surface area contributed by atoms with Crippen molar-refractivity contribution in [3.63, 3.8) is 0 Å². The second-order valence-corrected chi connectivity index (χ2v) is 7.96. The molecule has 32 heavy (non-hydrogen) atoms. The van der Waals surface area contributed by atoms with E-state index in [-0.39, 0.29) is 11.6 Å². The molecule has 0 saturated carbocycles. The topological polar surface area (TPSA) is 58.6 Å². The number of nitrogens with zero attached hydrogens (tertiary/aromatic N) is 1. The van der Waals surface area contributed by atoms with Crippen molar-refractivity contribution in [2.24, 2.45) is 0 Å². The minimum atomic E-state index is -0.400. The molecule has 0 atom stereocenters. The van der Waals surface area contributed by atoms with Crippen LogP contribution < -0.4 is 15.0 Å². The second-order valence-electron chi connectivity index (χ2n) is 7.52. The fraction of sp³-hybridized carbons (Fsp3) is 0.154. The van der Waals surface area contributed by atoms with Crippen molar-refractivity contribution in [2.45, 2.75) is 20.8 Å². The molecule has 0 saturated heterocycles. The predicted molar refractivity (Wildman–Crippen MR) is 128 cm³/mol. The number of hydrogen-bond acceptors (Lipinski definition) is 4. The first-order chi connectivity index (χ1) is 15.4. The Morgan fingerprint density at radius 1 is 0.906 bits per heavy atom. The first-order valence-corrected chi connectivity index (χ1v) is 10.7. The molecule has 1 aliphatic heterocycles. The highest BCUT2D eigenvalue weighted by molar-refractivity contribution is 6.46. The molecule has 0 spiro atoms. The highest BCUT2D eigenvalue weighted by Gasteiger charge is 2.40. The van der Waals surface area contributed by atoms with Crippen molar-refractivity contribution in [1.29, 1.82) is 0 Å². The number of rotatable bonds is 6. The Bertz CT molecular complexity index is 1230. The molecule has 162 valence electrons. The van der Waals surface area contributed by atoms with Gasteiger partial charge in [0.05, 0.1) is 17.9 Å². The third kappa shape index (κ3) is 3.99. The quantitative estimate of drug-likeness (QED) is 0.489. The number of aryl methyl sites for hydroxylation is 2. The molecule has 0 unspecified atom stereocenters. The Balaban J connectivity index is 1.83. The summed E-state index contributed by atoms with van der Waals surface area (Å²) in [5.74, 6) is -0.0717. The normalized spacial score (nSPS) is 13.7. The molecule has 1 heterocycles. The number of benzene rings is 3. The van der Waals surface area contributed by atoms with Gasteiger partial charge in [-0.2, -0.15) is 0 Å². The van der Waals surface area contributed by atoms with E-state index in [2.05, 4.69) is 5.32 Å². The van der Waals surface area contributed by atoms with E-state index in [9.17, 15) is 9.59 Å². The van der Waals surface area contributed by atoms with Gasteiger partial charge in [-0.25, -0.2) is 4.90 Å². The molecule has 0 aromatic heterocycles. The smallest absolute Gasteiger partial charge is 0.282 e. The number of para-hydroxylation sites is 1. The zero-order chi connectivity index (χ0) is 22.8. The van der Waals surface area contributed by atoms with Gasteiger partial charge in [0.2, 0.25) is 0 Å². The van der Waals surface area contributed by atoms with Gasteiger partial charge in [-0.3, -0.25) is 9.59 Å². The molecule has 0 aliphatic carbocycles. The zero-order valence-corrected chi connectivity index (χ0v) is 18.9. The maximum atomic E-state index is 13.6. The van der Waals surface area contributed by atoms with Gasteiger partial charge in [0.15, 0.2) is 0 Å². The van der Waals surface area contributed by atoms with E-state index in [0.29, 0.717) is 39.9 Å². The summed E-state index contributed by atoms with van der Waals surface area (Å²) in [6.07, 6.45) is 0. The average molecular weight is 447 g/mol. The van der Waals surface area contributed by atoms with Crippen LogP contribution in [-0.4, -0.2) is 18.4 Å². The van der Waals surface area contributed by atoms with Crippen molar-refractivity contribution in [2.75, 3.05) is 16.8 Å². The van der Waals surface area contributed by atoms with Crippen LogP contribution in [0.5, 0.6) is 5.75 Å². The van der Waals surface area contributed by atoms with Gasteiger partial charge < -0.3 is 10.1 Å². The molecular formula is C26H23ClN2O3. The Hall–Kier alpha value is -3.57. The van der Waals surface area contributed by atoms with Gasteiger partial charge in [0.25, 0.3) is 11.8 Å². The largest absolute Gasteiger partial charge is 0.494 e. The number of amides is 2. The van der Waals surface area contributed by atoms with Crippen LogP contribution in [0.15, 0.2) is 72.4 Å². The van der Waals surface area contributed by atoms with Crippen LogP contribution in [-0.2, 0) is 9.59 Å². The van der Waals surface area contributed by atoms with Crippen LogP contribution >= 0.6 is 11.6 Å². The number of hydrogen-bond donors (Lipinski definition) is 1. The molecular weight excluding hydrogens is 424 g/mol. The lowest BCUT2D eigenvalue weighted by molar-refractivity contribution is -0.120. The van der Waals surface area contributed by atoms with Gasteiger partial charge in [0, 0.05) is 10.7 Å². The SMILES string of the molecule is CCOc1ccc(C2=C(Nc3ccc(Cl)cc3C)C(=O)N(c3ccccc3C)C2=O)cc1. The summed E-state index contributed by atoms with van der Waals surface area (Å²) < 4.78 is 5.52. The molecule has 1 N–H and O–H groups in total. The fourth-order valence-corrected chi connectivity index (χ4v) is 3.96. The number of carbonyl (C=O) groups is 2. The van der Waals surface area contributed by atoms with Gasteiger partial charge in [-0.1, -0.05) is 41.9 Å². The summed E-state index contributed by atoms with van der Waals surface area (Å²) in [4.78, 5) is 28.3. The first kappa shape index (κ1) is 21.7. The molecule has 4 rings (SSSR count). The van der Waals surface area contributed by atoms with Crippen LogP contribution in [0, 0.1) is 13.8 Å². The summed E-state index contributed by atoms with van der Waals surface area (Å²) in [6.45, 7) is 6.22. The number of imide groups is 1. The first-order valence-electron chi connectivity index (χ1n) is 10.4. The Morgan fingerprint density at radius 3 is 2.28 bits per heavy atom. The Labute approximate surface area is 192 Å². The number of ether oxygens (including phenoxy) is 1. The molecule has 3 aromatic rings. The van der Waals surface area contributed by atoms with Crippen molar-refractivity contribution in [1.82, 2.24) is 0 Å². The highest BCUT2D eigenvalue weighted by atomic mass is 35.5. The fourth-order valence-electron chi connectivity index (χ4n) is 3.73. The maximum Gasteiger partial charge on any atom is 0.282 e. The van der Waals surface area contributed by atoms with Crippen LogP contribution in [0.4, 0.5) is 11.4 Å². The van der Waals surface area contributed by atoms with Crippen LogP contribution in [0.2, 0.25) is 5.02 Å². The van der Waals surface area contributed by atoms with Crippen LogP contribution in [0.3, 0.4) is 0 Å². The molecule has 2 amide bonds. The summed E-state index contributed by atoms with van der Waals surface area (Å²) in [6, 6.07) is 19.9. The number of halogens is 1. The predicted octanol–water partition coefficient (Wildman–Crippen LogP) is 5.75. The van der Waals surface area contributed by atoms with Crippen molar-refractivity contribution < 1.29 is 14.3 Å².